The molecule has 0 bridgehead atoms. The third-order valence-electron chi connectivity index (χ3n) is 8.98. The number of fused-ring (bicyclic) bond motifs is 1. The number of halogens is 1. The molecule has 0 aliphatic rings. The molecule has 50 heavy (non-hydrogen) atoms. The zero-order valence-electron chi connectivity index (χ0n) is 29.7. The fraction of sp³-hybridized carbons (Fsp3) is 0.368. The monoisotopic (exact) mass is 714 g/mol. The molecular formula is C38H47ClN6O4Si. The van der Waals surface area contributed by atoms with Gasteiger partial charge in [0.2, 0.25) is 5.95 Å². The highest BCUT2D eigenvalue weighted by atomic mass is 35.5. The second-order valence-corrected chi connectivity index (χ2v) is 18.0. The van der Waals surface area contributed by atoms with E-state index in [-0.39, 0.29) is 17.0 Å². The number of amides is 1. The van der Waals surface area contributed by atoms with Gasteiger partial charge in [0.25, 0.3) is 8.32 Å². The van der Waals surface area contributed by atoms with Gasteiger partial charge in [0.15, 0.2) is 5.82 Å². The number of aromatic nitrogens is 4. The molecule has 0 aliphatic carbocycles. The fourth-order valence-electron chi connectivity index (χ4n) is 6.71. The minimum absolute atomic E-state index is 0.0157. The van der Waals surface area contributed by atoms with Gasteiger partial charge in [-0.2, -0.15) is 10.1 Å². The predicted octanol–water partition coefficient (Wildman–Crippen LogP) is 7.57. The molecule has 0 spiro atoms. The van der Waals surface area contributed by atoms with Gasteiger partial charge < -0.3 is 19.6 Å². The van der Waals surface area contributed by atoms with E-state index in [4.69, 9.17) is 25.9 Å². The molecule has 3 aromatic carbocycles. The number of rotatable bonds is 15. The van der Waals surface area contributed by atoms with Crippen molar-refractivity contribution in [1.29, 1.82) is 0 Å². The zero-order valence-corrected chi connectivity index (χ0v) is 31.4. The number of hydrogen-bond acceptors (Lipinski definition) is 7. The van der Waals surface area contributed by atoms with Gasteiger partial charge in [-0.1, -0.05) is 107 Å². The summed E-state index contributed by atoms with van der Waals surface area (Å²) in [5, 5.41) is 22.7. The normalized spacial score (nSPS) is 12.5. The number of methoxy groups -OCH3 is 1. The summed E-state index contributed by atoms with van der Waals surface area (Å²) in [6, 6.07) is 27.1. The van der Waals surface area contributed by atoms with Crippen molar-refractivity contribution in [2.24, 2.45) is 0 Å². The third kappa shape index (κ3) is 7.95. The molecule has 12 heteroatoms. The molecular weight excluding hydrogens is 668 g/mol. The summed E-state index contributed by atoms with van der Waals surface area (Å²) in [6.07, 6.45) is 1.23. The quantitative estimate of drug-likeness (QED) is 0.0750. The van der Waals surface area contributed by atoms with Crippen molar-refractivity contribution in [1.82, 2.24) is 19.7 Å². The predicted molar refractivity (Wildman–Crippen MR) is 204 cm³/mol. The van der Waals surface area contributed by atoms with Crippen LogP contribution in [-0.4, -0.2) is 59.0 Å². The number of ether oxygens (including phenoxy) is 1. The molecule has 1 atom stereocenters. The van der Waals surface area contributed by atoms with E-state index in [2.05, 4.69) is 96.8 Å². The summed E-state index contributed by atoms with van der Waals surface area (Å²) in [6.45, 7) is 11.7. The molecule has 2 heterocycles. The van der Waals surface area contributed by atoms with Gasteiger partial charge in [0, 0.05) is 24.1 Å². The summed E-state index contributed by atoms with van der Waals surface area (Å²) in [5.74, 6) is 1.56. The molecule has 0 saturated carbocycles. The lowest BCUT2D eigenvalue weighted by Crippen LogP contribution is -2.66. The minimum Gasteiger partial charge on any atom is -0.496 e. The van der Waals surface area contributed by atoms with Gasteiger partial charge in [-0.15, -0.1) is 11.6 Å². The number of nitrogens with zero attached hydrogens (tertiary/aromatic N) is 4. The molecule has 0 radical (unpaired) electrons. The Morgan fingerprint density at radius 1 is 1.00 bits per heavy atom. The summed E-state index contributed by atoms with van der Waals surface area (Å²) < 4.78 is 14.8. The highest BCUT2D eigenvalue weighted by molar-refractivity contribution is 6.99. The number of benzene rings is 3. The lowest BCUT2D eigenvalue weighted by atomic mass is 10.1. The molecule has 0 fully saturated rings. The first-order chi connectivity index (χ1) is 24.0. The summed E-state index contributed by atoms with van der Waals surface area (Å²) in [7, 11) is -1.10. The molecule has 5 aromatic rings. The van der Waals surface area contributed by atoms with Gasteiger partial charge in [-0.3, -0.25) is 10.00 Å². The number of anilines is 2. The van der Waals surface area contributed by atoms with Crippen molar-refractivity contribution in [3.63, 3.8) is 0 Å². The molecule has 2 aromatic heterocycles. The highest BCUT2D eigenvalue weighted by Gasteiger charge is 2.50. The van der Waals surface area contributed by atoms with E-state index < -0.39 is 14.4 Å². The van der Waals surface area contributed by atoms with Crippen molar-refractivity contribution in [3.8, 4) is 5.75 Å². The van der Waals surface area contributed by atoms with Gasteiger partial charge >= 0.3 is 6.09 Å². The summed E-state index contributed by atoms with van der Waals surface area (Å²) in [5.41, 5.74) is 3.74. The number of hydrogen-bond donors (Lipinski definition) is 3. The smallest absolute Gasteiger partial charge is 0.411 e. The van der Waals surface area contributed by atoms with Crippen LogP contribution in [0.5, 0.6) is 5.75 Å². The number of nitrogens with one attached hydrogen (secondary N) is 2. The zero-order chi connectivity index (χ0) is 35.9. The Bertz CT molecular complexity index is 1860. The van der Waals surface area contributed by atoms with E-state index in [1.165, 1.54) is 10.4 Å². The van der Waals surface area contributed by atoms with E-state index in [0.29, 0.717) is 53.7 Å². The fourth-order valence-corrected chi connectivity index (χ4v) is 11.5. The van der Waals surface area contributed by atoms with Gasteiger partial charge in [-0.25, -0.2) is 9.78 Å². The van der Waals surface area contributed by atoms with Crippen LogP contribution >= 0.6 is 11.6 Å². The Morgan fingerprint density at radius 3 is 2.22 bits per heavy atom. The van der Waals surface area contributed by atoms with E-state index in [1.807, 2.05) is 41.9 Å². The first-order valence-electron chi connectivity index (χ1n) is 17.0. The van der Waals surface area contributed by atoms with Crippen molar-refractivity contribution < 1.29 is 19.1 Å². The molecule has 0 aliphatic heterocycles. The van der Waals surface area contributed by atoms with Crippen molar-refractivity contribution >= 4 is 59.2 Å². The lowest BCUT2D eigenvalue weighted by Gasteiger charge is -2.43. The van der Waals surface area contributed by atoms with Crippen LogP contribution in [0.25, 0.3) is 11.0 Å². The van der Waals surface area contributed by atoms with Crippen molar-refractivity contribution in [2.45, 2.75) is 77.4 Å². The maximum absolute atomic E-state index is 11.7. The Balaban J connectivity index is 1.51. The summed E-state index contributed by atoms with van der Waals surface area (Å²) in [4.78, 5) is 20.9. The van der Waals surface area contributed by atoms with Gasteiger partial charge in [-0.05, 0) is 46.8 Å². The van der Waals surface area contributed by atoms with Crippen LogP contribution in [-0.2, 0) is 16.9 Å². The van der Waals surface area contributed by atoms with E-state index >= 15 is 0 Å². The van der Waals surface area contributed by atoms with Crippen LogP contribution in [0.4, 0.5) is 16.6 Å². The van der Waals surface area contributed by atoms with E-state index in [9.17, 15) is 9.90 Å². The highest BCUT2D eigenvalue weighted by Crippen LogP contribution is 2.37. The Hall–Kier alpha value is -4.45. The summed E-state index contributed by atoms with van der Waals surface area (Å²) >= 11 is 6.09. The van der Waals surface area contributed by atoms with E-state index in [1.54, 1.807) is 7.11 Å². The standard InChI is InChI=1S/C38H47ClN6O4Si/c1-7-14-29(21-22-49-50(38(3,4)5,30-15-10-8-11-16-30)31-17-12-9-13-18-31)40-35-34-33(41-36(42-35)43-37(46)47)26(2)44-45(34)25-28-20-19-27(24-39)23-32(28)48-6/h8-13,15-20,23,29H,7,14,21-22,24-25H2,1-6H3,(H,46,47)(H2,40,41,42,43). The molecule has 1 amide bonds. The SMILES string of the molecule is CCCC(CCO[Si](c1ccccc1)(c1ccccc1)C(C)(C)C)Nc1nc(NC(=O)O)nc2c(C)nn(Cc3ccc(CCl)cc3OC)c12. The van der Waals surface area contributed by atoms with Crippen LogP contribution in [0.15, 0.2) is 78.9 Å². The van der Waals surface area contributed by atoms with Crippen LogP contribution in [0, 0.1) is 6.92 Å². The Morgan fingerprint density at radius 2 is 1.66 bits per heavy atom. The second-order valence-electron chi connectivity index (χ2n) is 13.5. The lowest BCUT2D eigenvalue weighted by molar-refractivity contribution is 0.209. The molecule has 1 unspecified atom stereocenters. The molecule has 0 saturated heterocycles. The first kappa shape index (κ1) is 36.8. The molecule has 264 valence electrons. The molecule has 10 nitrogen and oxygen atoms in total. The first-order valence-corrected chi connectivity index (χ1v) is 19.4. The number of carbonyl (C=O) groups is 1. The maximum atomic E-state index is 11.7. The topological polar surface area (TPSA) is 123 Å². The number of carboxylic acid groups (broad SMARTS) is 1. The van der Waals surface area contributed by atoms with Crippen LogP contribution < -0.4 is 25.7 Å². The third-order valence-corrected chi connectivity index (χ3v) is 14.3. The average Bonchev–Trinajstić information content (AvgIpc) is 3.41. The van der Waals surface area contributed by atoms with Crippen LogP contribution in [0.3, 0.4) is 0 Å². The van der Waals surface area contributed by atoms with Crippen molar-refractivity contribution in [2.75, 3.05) is 24.4 Å². The van der Waals surface area contributed by atoms with Gasteiger partial charge in [0.1, 0.15) is 16.8 Å². The van der Waals surface area contributed by atoms with Crippen LogP contribution in [0.2, 0.25) is 5.04 Å². The van der Waals surface area contributed by atoms with Crippen molar-refractivity contribution in [3.05, 3.63) is 95.7 Å². The average molecular weight is 715 g/mol. The number of aryl methyl sites for hydroxylation is 1. The molecule has 3 N–H and O–H groups in total. The van der Waals surface area contributed by atoms with Crippen LogP contribution in [0.1, 0.15) is 63.8 Å². The Labute approximate surface area is 300 Å². The molecule has 5 rings (SSSR count). The second kappa shape index (κ2) is 16.1. The van der Waals surface area contributed by atoms with Gasteiger partial charge in [0.05, 0.1) is 19.3 Å². The van der Waals surface area contributed by atoms with E-state index in [0.717, 1.165) is 24.0 Å². The maximum Gasteiger partial charge on any atom is 0.411 e. The Kier molecular flexibility index (Phi) is 11.8. The number of alkyl halides is 1. The minimum atomic E-state index is -2.73. The largest absolute Gasteiger partial charge is 0.496 e.